The van der Waals surface area contributed by atoms with E-state index in [4.69, 9.17) is 0 Å². The Balaban J connectivity index is 1.97. The number of piperidine rings is 2. The summed E-state index contributed by atoms with van der Waals surface area (Å²) in [5.74, 6) is 2.10. The van der Waals surface area contributed by atoms with E-state index in [0.717, 1.165) is 11.8 Å². The molecule has 1 nitrogen and oxygen atoms in total. The summed E-state index contributed by atoms with van der Waals surface area (Å²) in [6.07, 6.45) is 3.04. The van der Waals surface area contributed by atoms with Gasteiger partial charge in [-0.25, -0.2) is 0 Å². The van der Waals surface area contributed by atoms with Gasteiger partial charge in [-0.1, -0.05) is 0 Å². The predicted molar refractivity (Wildman–Crippen MR) is 47.5 cm³/mol. The van der Waals surface area contributed by atoms with Crippen LogP contribution in [0.1, 0.15) is 33.6 Å². The maximum Gasteiger partial charge on any atom is 0.0125 e. The van der Waals surface area contributed by atoms with Crippen molar-refractivity contribution in [1.29, 1.82) is 0 Å². The monoisotopic (exact) mass is 153 g/mol. The Bertz CT molecular complexity index is 141. The fraction of sp³-hybridized carbons (Fsp3) is 1.00. The number of nitrogens with zero attached hydrogens (tertiary/aromatic N) is 1. The molecule has 0 unspecified atom stereocenters. The van der Waals surface area contributed by atoms with Crippen LogP contribution in [-0.2, 0) is 0 Å². The quantitative estimate of drug-likeness (QED) is 0.515. The molecule has 1 saturated carbocycles. The van der Waals surface area contributed by atoms with Crippen molar-refractivity contribution in [2.45, 2.75) is 39.2 Å². The normalized spacial score (nSPS) is 38.5. The third-order valence-corrected chi connectivity index (χ3v) is 3.24. The second-order valence-electron chi connectivity index (χ2n) is 5.28. The highest BCUT2D eigenvalue weighted by atomic mass is 15.2. The van der Waals surface area contributed by atoms with Gasteiger partial charge in [0, 0.05) is 18.6 Å². The van der Waals surface area contributed by atoms with E-state index in [1.165, 1.54) is 25.9 Å². The number of fused-ring (bicyclic) bond motifs is 2. The summed E-state index contributed by atoms with van der Waals surface area (Å²) < 4.78 is 0. The molecule has 2 bridgehead atoms. The lowest BCUT2D eigenvalue weighted by Crippen LogP contribution is -2.55. The summed E-state index contributed by atoms with van der Waals surface area (Å²) in [6, 6.07) is 0. The van der Waals surface area contributed by atoms with Gasteiger partial charge < -0.3 is 0 Å². The second kappa shape index (κ2) is 2.22. The molecule has 2 heterocycles. The van der Waals surface area contributed by atoms with Crippen molar-refractivity contribution in [3.05, 3.63) is 0 Å². The van der Waals surface area contributed by atoms with Gasteiger partial charge in [-0.3, -0.25) is 4.90 Å². The predicted octanol–water partition coefficient (Wildman–Crippen LogP) is 2.13. The molecular formula is C10H19N. The first-order valence-electron chi connectivity index (χ1n) is 4.81. The van der Waals surface area contributed by atoms with Crippen molar-refractivity contribution in [2.75, 3.05) is 13.1 Å². The molecule has 3 aliphatic rings. The Labute approximate surface area is 69.8 Å². The van der Waals surface area contributed by atoms with E-state index in [1.54, 1.807) is 0 Å². The van der Waals surface area contributed by atoms with E-state index in [2.05, 4.69) is 25.7 Å². The zero-order chi connectivity index (χ0) is 8.06. The van der Waals surface area contributed by atoms with Crippen LogP contribution in [-0.4, -0.2) is 23.5 Å². The summed E-state index contributed by atoms with van der Waals surface area (Å²) in [4.78, 5) is 2.65. The van der Waals surface area contributed by atoms with Gasteiger partial charge >= 0.3 is 0 Å². The lowest BCUT2D eigenvalue weighted by atomic mass is 9.70. The van der Waals surface area contributed by atoms with Crippen molar-refractivity contribution in [2.24, 2.45) is 11.8 Å². The van der Waals surface area contributed by atoms with Gasteiger partial charge in [-0.05, 0) is 45.4 Å². The van der Waals surface area contributed by atoms with Crippen LogP contribution < -0.4 is 0 Å². The summed E-state index contributed by atoms with van der Waals surface area (Å²) >= 11 is 0. The Hall–Kier alpha value is -0.0400. The van der Waals surface area contributed by atoms with E-state index < -0.39 is 0 Å². The third-order valence-electron chi connectivity index (χ3n) is 3.24. The van der Waals surface area contributed by atoms with Crippen LogP contribution in [0.5, 0.6) is 0 Å². The van der Waals surface area contributed by atoms with Crippen LogP contribution in [0.4, 0.5) is 0 Å². The van der Waals surface area contributed by atoms with E-state index >= 15 is 0 Å². The molecule has 11 heavy (non-hydrogen) atoms. The molecule has 0 radical (unpaired) electrons. The molecular weight excluding hydrogens is 134 g/mol. The molecule has 0 atom stereocenters. The zero-order valence-electron chi connectivity index (χ0n) is 7.93. The molecule has 0 aromatic rings. The molecule has 0 N–H and O–H groups in total. The smallest absolute Gasteiger partial charge is 0.0125 e. The molecule has 3 fully saturated rings. The summed E-state index contributed by atoms with van der Waals surface area (Å²) in [6.45, 7) is 9.72. The highest BCUT2D eigenvalue weighted by Gasteiger charge is 2.40. The molecule has 3 rings (SSSR count). The molecule has 64 valence electrons. The minimum absolute atomic E-state index is 0.414. The topological polar surface area (TPSA) is 3.24 Å². The lowest BCUT2D eigenvalue weighted by molar-refractivity contribution is -0.0225. The van der Waals surface area contributed by atoms with Gasteiger partial charge in [0.05, 0.1) is 0 Å². The zero-order valence-corrected chi connectivity index (χ0v) is 7.93. The fourth-order valence-corrected chi connectivity index (χ4v) is 2.42. The first kappa shape index (κ1) is 7.60. The maximum atomic E-state index is 2.65. The standard InChI is InChI=1S/C10H19N/c1-10(2,3)11-6-8-4-9(5-8)7-11/h8-9H,4-7H2,1-3H3. The van der Waals surface area contributed by atoms with Crippen LogP contribution >= 0.6 is 0 Å². The van der Waals surface area contributed by atoms with Gasteiger partial charge in [-0.15, -0.1) is 0 Å². The Morgan fingerprint density at radius 3 is 1.73 bits per heavy atom. The third kappa shape index (κ3) is 1.31. The van der Waals surface area contributed by atoms with Crippen molar-refractivity contribution >= 4 is 0 Å². The van der Waals surface area contributed by atoms with Crippen molar-refractivity contribution in [3.63, 3.8) is 0 Å². The highest BCUT2D eigenvalue weighted by molar-refractivity contribution is 4.93. The Morgan fingerprint density at radius 2 is 1.45 bits per heavy atom. The first-order valence-corrected chi connectivity index (χ1v) is 4.81. The van der Waals surface area contributed by atoms with Crippen LogP contribution in [0.15, 0.2) is 0 Å². The second-order valence-corrected chi connectivity index (χ2v) is 5.28. The van der Waals surface area contributed by atoms with Crippen LogP contribution in [0.25, 0.3) is 0 Å². The molecule has 2 aliphatic heterocycles. The van der Waals surface area contributed by atoms with Crippen molar-refractivity contribution in [1.82, 2.24) is 4.90 Å². The summed E-state index contributed by atoms with van der Waals surface area (Å²) in [5, 5.41) is 0. The number of rotatable bonds is 0. The van der Waals surface area contributed by atoms with Crippen LogP contribution in [0.3, 0.4) is 0 Å². The van der Waals surface area contributed by atoms with E-state index in [9.17, 15) is 0 Å². The SMILES string of the molecule is CC(C)(C)N1CC2CC(C2)C1. The summed E-state index contributed by atoms with van der Waals surface area (Å²) in [5.41, 5.74) is 0.414. The van der Waals surface area contributed by atoms with Crippen LogP contribution in [0, 0.1) is 11.8 Å². The Morgan fingerprint density at radius 1 is 1.00 bits per heavy atom. The molecule has 1 heteroatoms. The number of hydrogen-bond acceptors (Lipinski definition) is 1. The lowest BCUT2D eigenvalue weighted by Gasteiger charge is -2.52. The van der Waals surface area contributed by atoms with Gasteiger partial charge in [0.1, 0.15) is 0 Å². The minimum atomic E-state index is 0.414. The average Bonchev–Trinajstić information content (AvgIpc) is 1.84. The Kier molecular flexibility index (Phi) is 1.54. The maximum absolute atomic E-state index is 2.65. The van der Waals surface area contributed by atoms with Gasteiger partial charge in [0.15, 0.2) is 0 Å². The van der Waals surface area contributed by atoms with Gasteiger partial charge in [-0.2, -0.15) is 0 Å². The van der Waals surface area contributed by atoms with E-state index in [0.29, 0.717) is 5.54 Å². The first-order chi connectivity index (χ1) is 5.05. The largest absolute Gasteiger partial charge is 0.298 e. The highest BCUT2D eigenvalue weighted by Crippen LogP contribution is 2.41. The van der Waals surface area contributed by atoms with Crippen molar-refractivity contribution in [3.8, 4) is 0 Å². The van der Waals surface area contributed by atoms with Crippen molar-refractivity contribution < 1.29 is 0 Å². The minimum Gasteiger partial charge on any atom is -0.298 e. The van der Waals surface area contributed by atoms with Crippen LogP contribution in [0.2, 0.25) is 0 Å². The van der Waals surface area contributed by atoms with Gasteiger partial charge in [0.25, 0.3) is 0 Å². The fourth-order valence-electron chi connectivity index (χ4n) is 2.42. The molecule has 0 spiro atoms. The molecule has 2 saturated heterocycles. The summed E-state index contributed by atoms with van der Waals surface area (Å²) in [7, 11) is 0. The molecule has 0 aromatic heterocycles. The van der Waals surface area contributed by atoms with Gasteiger partial charge in [0.2, 0.25) is 0 Å². The molecule has 0 amide bonds. The average molecular weight is 153 g/mol. The number of hydrogen-bond donors (Lipinski definition) is 0. The molecule has 0 aromatic carbocycles. The van der Waals surface area contributed by atoms with E-state index in [-0.39, 0.29) is 0 Å². The van der Waals surface area contributed by atoms with E-state index in [1.807, 2.05) is 0 Å². The molecule has 1 aliphatic carbocycles.